The van der Waals surface area contributed by atoms with Crippen molar-refractivity contribution < 1.29 is 14.7 Å². The number of benzene rings is 1. The van der Waals surface area contributed by atoms with E-state index >= 15 is 0 Å². The fourth-order valence-electron chi connectivity index (χ4n) is 2.32. The minimum absolute atomic E-state index is 0.0350. The van der Waals surface area contributed by atoms with Crippen LogP contribution in [0.25, 0.3) is 0 Å². The van der Waals surface area contributed by atoms with E-state index < -0.39 is 0 Å². The van der Waals surface area contributed by atoms with Gasteiger partial charge in [-0.2, -0.15) is 0 Å². The minimum atomic E-state index is 0.0350. The Morgan fingerprint density at radius 3 is 2.60 bits per heavy atom. The van der Waals surface area contributed by atoms with Crippen LogP contribution in [-0.4, -0.2) is 33.3 Å². The summed E-state index contributed by atoms with van der Waals surface area (Å²) in [5.41, 5.74) is 1.94. The Morgan fingerprint density at radius 2 is 2.00 bits per heavy atom. The summed E-state index contributed by atoms with van der Waals surface area (Å²) in [7, 11) is 0. The van der Waals surface area contributed by atoms with E-state index in [1.54, 1.807) is 6.92 Å². The largest absolute Gasteiger partial charge is 0.392 e. The van der Waals surface area contributed by atoms with Gasteiger partial charge in [-0.3, -0.25) is 9.59 Å². The van der Waals surface area contributed by atoms with Gasteiger partial charge in [0, 0.05) is 32.2 Å². The highest BCUT2D eigenvalue weighted by atomic mass is 32.2. The lowest BCUT2D eigenvalue weighted by molar-refractivity contribution is -0.128. The zero-order chi connectivity index (χ0) is 14.5. The van der Waals surface area contributed by atoms with E-state index in [1.165, 1.54) is 11.8 Å². The van der Waals surface area contributed by atoms with Gasteiger partial charge >= 0.3 is 0 Å². The van der Waals surface area contributed by atoms with E-state index in [0.29, 0.717) is 13.0 Å². The van der Waals surface area contributed by atoms with Crippen LogP contribution in [0.2, 0.25) is 0 Å². The van der Waals surface area contributed by atoms with Crippen LogP contribution in [0.5, 0.6) is 0 Å². The monoisotopic (exact) mass is 293 g/mol. The van der Waals surface area contributed by atoms with Crippen molar-refractivity contribution in [2.45, 2.75) is 26.5 Å². The van der Waals surface area contributed by atoms with Gasteiger partial charge in [0.1, 0.15) is 0 Å². The number of rotatable bonds is 5. The molecule has 0 saturated carbocycles. The molecule has 1 aliphatic rings. The van der Waals surface area contributed by atoms with Crippen LogP contribution in [0.15, 0.2) is 24.3 Å². The minimum Gasteiger partial charge on any atom is -0.392 e. The molecule has 0 aromatic heterocycles. The lowest BCUT2D eigenvalue weighted by Crippen LogP contribution is -2.24. The maximum atomic E-state index is 11.9. The van der Waals surface area contributed by atoms with Crippen molar-refractivity contribution in [3.63, 3.8) is 0 Å². The van der Waals surface area contributed by atoms with Gasteiger partial charge in [0.15, 0.2) is 5.12 Å². The summed E-state index contributed by atoms with van der Waals surface area (Å²) >= 11 is 1.30. The van der Waals surface area contributed by atoms with E-state index in [4.69, 9.17) is 5.11 Å². The number of hydrogen-bond donors (Lipinski definition) is 1. The Hall–Kier alpha value is -1.33. The molecule has 2 rings (SSSR count). The van der Waals surface area contributed by atoms with Gasteiger partial charge in [0.25, 0.3) is 0 Å². The summed E-state index contributed by atoms with van der Waals surface area (Å²) in [6.07, 6.45) is 0.537. The van der Waals surface area contributed by atoms with Gasteiger partial charge in [-0.25, -0.2) is 0 Å². The summed E-state index contributed by atoms with van der Waals surface area (Å²) in [5, 5.41) is 9.11. The van der Waals surface area contributed by atoms with Crippen LogP contribution in [-0.2, 0) is 22.7 Å². The second-order valence-electron chi connectivity index (χ2n) is 5.12. The first-order chi connectivity index (χ1) is 9.58. The van der Waals surface area contributed by atoms with Crippen molar-refractivity contribution in [1.29, 1.82) is 0 Å². The summed E-state index contributed by atoms with van der Waals surface area (Å²) in [6.45, 7) is 2.92. The van der Waals surface area contributed by atoms with Crippen molar-refractivity contribution in [2.75, 3.05) is 12.3 Å². The molecular formula is C15H19NO3S. The van der Waals surface area contributed by atoms with Gasteiger partial charge in [0.2, 0.25) is 5.91 Å². The van der Waals surface area contributed by atoms with Gasteiger partial charge in [0.05, 0.1) is 6.61 Å². The fourth-order valence-corrected chi connectivity index (χ4v) is 3.02. The van der Waals surface area contributed by atoms with Crippen LogP contribution in [0.3, 0.4) is 0 Å². The van der Waals surface area contributed by atoms with E-state index in [-0.39, 0.29) is 23.5 Å². The van der Waals surface area contributed by atoms with E-state index in [0.717, 1.165) is 23.4 Å². The smallest absolute Gasteiger partial charge is 0.223 e. The van der Waals surface area contributed by atoms with Crippen molar-refractivity contribution in [3.8, 4) is 0 Å². The van der Waals surface area contributed by atoms with E-state index in [1.807, 2.05) is 29.2 Å². The summed E-state index contributed by atoms with van der Waals surface area (Å²) in [4.78, 5) is 24.8. The van der Waals surface area contributed by atoms with Gasteiger partial charge < -0.3 is 10.0 Å². The topological polar surface area (TPSA) is 57.6 Å². The third-order valence-electron chi connectivity index (χ3n) is 3.40. The lowest BCUT2D eigenvalue weighted by atomic mass is 10.1. The number of aliphatic hydroxyl groups is 1. The Kier molecular flexibility index (Phi) is 5.20. The average Bonchev–Trinajstić information content (AvgIpc) is 2.78. The number of likely N-dealkylation sites (tertiary alicyclic amines) is 1. The number of hydrogen-bond acceptors (Lipinski definition) is 4. The maximum absolute atomic E-state index is 11.9. The molecule has 1 aromatic rings. The van der Waals surface area contributed by atoms with Crippen LogP contribution in [0.4, 0.5) is 0 Å². The quantitative estimate of drug-likeness (QED) is 0.899. The fraction of sp³-hybridized carbons (Fsp3) is 0.467. The second-order valence-corrected chi connectivity index (χ2v) is 6.32. The first-order valence-electron chi connectivity index (χ1n) is 6.68. The standard InChI is InChI=1S/C15H19NO3S/c1-11(18)20-10-14-6-15(19)16(8-14)7-12-2-4-13(9-17)5-3-12/h2-5,14,17H,6-10H2,1H3. The van der Waals surface area contributed by atoms with Gasteiger partial charge in [-0.1, -0.05) is 36.0 Å². The first-order valence-corrected chi connectivity index (χ1v) is 7.67. The van der Waals surface area contributed by atoms with Crippen LogP contribution >= 0.6 is 11.8 Å². The molecule has 5 heteroatoms. The van der Waals surface area contributed by atoms with E-state index in [9.17, 15) is 9.59 Å². The van der Waals surface area contributed by atoms with Gasteiger partial charge in [-0.05, 0) is 17.0 Å². The van der Waals surface area contributed by atoms with Crippen LogP contribution in [0, 0.1) is 5.92 Å². The highest BCUT2D eigenvalue weighted by Crippen LogP contribution is 2.23. The molecule has 108 valence electrons. The van der Waals surface area contributed by atoms with Gasteiger partial charge in [-0.15, -0.1) is 0 Å². The van der Waals surface area contributed by atoms with Crippen molar-refractivity contribution in [1.82, 2.24) is 4.90 Å². The Balaban J connectivity index is 1.89. The molecule has 1 N–H and O–H groups in total. The molecular weight excluding hydrogens is 274 g/mol. The molecule has 0 aliphatic carbocycles. The van der Waals surface area contributed by atoms with Crippen LogP contribution in [0.1, 0.15) is 24.5 Å². The Bertz CT molecular complexity index is 486. The van der Waals surface area contributed by atoms with Crippen molar-refractivity contribution >= 4 is 22.8 Å². The highest BCUT2D eigenvalue weighted by molar-refractivity contribution is 8.13. The molecule has 1 aliphatic heterocycles. The maximum Gasteiger partial charge on any atom is 0.223 e. The molecule has 1 amide bonds. The van der Waals surface area contributed by atoms with Crippen molar-refractivity contribution in [2.24, 2.45) is 5.92 Å². The normalized spacial score (nSPS) is 18.6. The number of nitrogens with zero attached hydrogens (tertiary/aromatic N) is 1. The second kappa shape index (κ2) is 6.90. The zero-order valence-corrected chi connectivity index (χ0v) is 12.4. The number of aliphatic hydroxyl groups excluding tert-OH is 1. The lowest BCUT2D eigenvalue weighted by Gasteiger charge is -2.16. The molecule has 0 radical (unpaired) electrons. The SMILES string of the molecule is CC(=O)SCC1CC(=O)N(Cc2ccc(CO)cc2)C1. The molecule has 1 heterocycles. The molecule has 1 unspecified atom stereocenters. The molecule has 0 spiro atoms. The van der Waals surface area contributed by atoms with Crippen molar-refractivity contribution in [3.05, 3.63) is 35.4 Å². The molecule has 1 fully saturated rings. The van der Waals surface area contributed by atoms with E-state index in [2.05, 4.69) is 0 Å². The first kappa shape index (κ1) is 15.1. The summed E-state index contributed by atoms with van der Waals surface area (Å²) in [6, 6.07) is 7.63. The summed E-state index contributed by atoms with van der Waals surface area (Å²) < 4.78 is 0. The molecule has 20 heavy (non-hydrogen) atoms. The molecule has 1 aromatic carbocycles. The third-order valence-corrected chi connectivity index (χ3v) is 4.44. The number of amides is 1. The highest BCUT2D eigenvalue weighted by Gasteiger charge is 2.29. The molecule has 1 atom stereocenters. The molecule has 1 saturated heterocycles. The zero-order valence-electron chi connectivity index (χ0n) is 11.5. The van der Waals surface area contributed by atoms with Crippen LogP contribution < -0.4 is 0 Å². The Labute approximate surface area is 123 Å². The summed E-state index contributed by atoms with van der Waals surface area (Å²) in [5.74, 6) is 1.15. The predicted octanol–water partition coefficient (Wildman–Crippen LogP) is 1.81. The number of carbonyl (C=O) groups excluding carboxylic acids is 2. The average molecular weight is 293 g/mol. The number of carbonyl (C=O) groups is 2. The predicted molar refractivity (Wildman–Crippen MR) is 79.0 cm³/mol. The molecule has 4 nitrogen and oxygen atoms in total. The Morgan fingerprint density at radius 1 is 1.35 bits per heavy atom. The molecule has 0 bridgehead atoms. The number of thioether (sulfide) groups is 1. The third kappa shape index (κ3) is 4.08.